The summed E-state index contributed by atoms with van der Waals surface area (Å²) in [5.74, 6) is 0.138. The Morgan fingerprint density at radius 1 is 1.50 bits per heavy atom. The summed E-state index contributed by atoms with van der Waals surface area (Å²) in [5, 5.41) is 12.0. The van der Waals surface area contributed by atoms with Gasteiger partial charge in [0.2, 0.25) is 0 Å². The maximum atomic E-state index is 8.86. The summed E-state index contributed by atoms with van der Waals surface area (Å²) in [7, 11) is 0. The molecule has 100 valence electrons. The second-order valence-corrected chi connectivity index (χ2v) is 5.35. The Morgan fingerprint density at radius 3 is 2.67 bits per heavy atom. The molecule has 4 nitrogen and oxygen atoms in total. The molecule has 1 rings (SSSR count). The van der Waals surface area contributed by atoms with Gasteiger partial charge >= 0.3 is 0 Å². The molecule has 0 fully saturated rings. The maximum absolute atomic E-state index is 8.86. The molecule has 0 heterocycles. The average molecular weight is 314 g/mol. The first-order valence-corrected chi connectivity index (χ1v) is 6.84. The van der Waals surface area contributed by atoms with Crippen LogP contribution in [0.4, 0.5) is 5.69 Å². The molecule has 0 atom stereocenters. The second kappa shape index (κ2) is 6.64. The normalized spacial score (nSPS) is 11.9. The molecule has 1 aromatic rings. The van der Waals surface area contributed by atoms with Crippen LogP contribution in [0.15, 0.2) is 27.8 Å². The van der Waals surface area contributed by atoms with E-state index < -0.39 is 0 Å². The number of anilines is 1. The van der Waals surface area contributed by atoms with Gasteiger partial charge in [0.05, 0.1) is 0 Å². The average Bonchev–Trinajstić information content (AvgIpc) is 2.34. The van der Waals surface area contributed by atoms with Crippen LogP contribution in [0.25, 0.3) is 0 Å². The van der Waals surface area contributed by atoms with E-state index in [-0.39, 0.29) is 5.84 Å². The molecule has 0 aliphatic rings. The predicted molar refractivity (Wildman–Crippen MR) is 79.4 cm³/mol. The minimum absolute atomic E-state index is 0.138. The van der Waals surface area contributed by atoms with E-state index >= 15 is 0 Å². The van der Waals surface area contributed by atoms with Gasteiger partial charge in [-0.25, -0.2) is 0 Å². The van der Waals surface area contributed by atoms with E-state index in [9.17, 15) is 0 Å². The summed E-state index contributed by atoms with van der Waals surface area (Å²) in [6.45, 7) is 7.33. The van der Waals surface area contributed by atoms with E-state index in [1.165, 1.54) is 0 Å². The van der Waals surface area contributed by atoms with E-state index in [1.807, 2.05) is 18.2 Å². The molecule has 0 saturated carbocycles. The molecule has 0 spiro atoms. The van der Waals surface area contributed by atoms with Crippen LogP contribution in [0, 0.1) is 0 Å². The number of rotatable bonds is 5. The van der Waals surface area contributed by atoms with Crippen LogP contribution < -0.4 is 10.6 Å². The Balaban J connectivity index is 3.30. The number of oxime groups is 1. The first kappa shape index (κ1) is 14.8. The van der Waals surface area contributed by atoms with Crippen LogP contribution in [-0.4, -0.2) is 23.6 Å². The van der Waals surface area contributed by atoms with E-state index in [0.29, 0.717) is 6.04 Å². The molecule has 0 aliphatic carbocycles. The molecule has 0 aromatic heterocycles. The quantitative estimate of drug-likeness (QED) is 0.380. The fourth-order valence-corrected chi connectivity index (χ4v) is 2.26. The standard InChI is InChI=1S/C13H20BrN3O/c1-4-7-17(9(2)3)12-8-10(14)5-6-11(12)13(15)16-18/h5-6,8-9,18H,4,7H2,1-3H3,(H2,15,16). The lowest BCUT2D eigenvalue weighted by Gasteiger charge is -2.30. The van der Waals surface area contributed by atoms with Crippen molar-refractivity contribution in [3.63, 3.8) is 0 Å². The van der Waals surface area contributed by atoms with Crippen molar-refractivity contribution in [2.45, 2.75) is 33.2 Å². The molecule has 18 heavy (non-hydrogen) atoms. The summed E-state index contributed by atoms with van der Waals surface area (Å²) < 4.78 is 0.980. The summed E-state index contributed by atoms with van der Waals surface area (Å²) in [6, 6.07) is 6.11. The number of halogens is 1. The van der Waals surface area contributed by atoms with Gasteiger partial charge in [-0.1, -0.05) is 28.0 Å². The lowest BCUT2D eigenvalue weighted by molar-refractivity contribution is 0.318. The maximum Gasteiger partial charge on any atom is 0.172 e. The lowest BCUT2D eigenvalue weighted by atomic mass is 10.1. The van der Waals surface area contributed by atoms with Gasteiger partial charge < -0.3 is 15.8 Å². The summed E-state index contributed by atoms with van der Waals surface area (Å²) >= 11 is 3.47. The van der Waals surface area contributed by atoms with Gasteiger partial charge in [0, 0.05) is 28.3 Å². The molecule has 3 N–H and O–H groups in total. The van der Waals surface area contributed by atoms with Crippen molar-refractivity contribution in [1.29, 1.82) is 0 Å². The van der Waals surface area contributed by atoms with Crippen LogP contribution in [0.3, 0.4) is 0 Å². The van der Waals surface area contributed by atoms with Crippen molar-refractivity contribution in [1.82, 2.24) is 0 Å². The number of nitrogens with zero attached hydrogens (tertiary/aromatic N) is 2. The SMILES string of the molecule is CCCN(c1cc(Br)ccc1/C(N)=N/O)C(C)C. The molecule has 0 saturated heterocycles. The van der Waals surface area contributed by atoms with Crippen LogP contribution in [-0.2, 0) is 0 Å². The Labute approximate surface area is 117 Å². The van der Waals surface area contributed by atoms with Crippen molar-refractivity contribution in [2.75, 3.05) is 11.4 Å². The summed E-state index contributed by atoms with van der Waals surface area (Å²) in [6.07, 6.45) is 1.04. The minimum Gasteiger partial charge on any atom is -0.409 e. The van der Waals surface area contributed by atoms with E-state index in [0.717, 1.165) is 28.7 Å². The summed E-state index contributed by atoms with van der Waals surface area (Å²) in [5.41, 5.74) is 7.47. The molecule has 0 aliphatic heterocycles. The van der Waals surface area contributed by atoms with E-state index in [4.69, 9.17) is 10.9 Å². The Morgan fingerprint density at radius 2 is 2.17 bits per heavy atom. The smallest absolute Gasteiger partial charge is 0.172 e. The Bertz CT molecular complexity index is 432. The van der Waals surface area contributed by atoms with E-state index in [2.05, 4.69) is 46.8 Å². The fraction of sp³-hybridized carbons (Fsp3) is 0.462. The highest BCUT2D eigenvalue weighted by atomic mass is 79.9. The van der Waals surface area contributed by atoms with Gasteiger partial charge in [-0.3, -0.25) is 0 Å². The number of benzene rings is 1. The van der Waals surface area contributed by atoms with Crippen molar-refractivity contribution in [3.8, 4) is 0 Å². The predicted octanol–water partition coefficient (Wildman–Crippen LogP) is 3.17. The number of hydrogen-bond donors (Lipinski definition) is 2. The van der Waals surface area contributed by atoms with Crippen LogP contribution >= 0.6 is 15.9 Å². The van der Waals surface area contributed by atoms with Gasteiger partial charge in [0.15, 0.2) is 5.84 Å². The van der Waals surface area contributed by atoms with Gasteiger partial charge in [0.1, 0.15) is 0 Å². The zero-order valence-corrected chi connectivity index (χ0v) is 12.6. The van der Waals surface area contributed by atoms with Gasteiger partial charge in [-0.05, 0) is 38.5 Å². The number of hydrogen-bond acceptors (Lipinski definition) is 3. The summed E-state index contributed by atoms with van der Waals surface area (Å²) in [4.78, 5) is 2.25. The van der Waals surface area contributed by atoms with Crippen LogP contribution in [0.5, 0.6) is 0 Å². The second-order valence-electron chi connectivity index (χ2n) is 4.43. The van der Waals surface area contributed by atoms with E-state index in [1.54, 1.807) is 0 Å². The first-order chi connectivity index (χ1) is 8.51. The molecular weight excluding hydrogens is 294 g/mol. The molecule has 0 unspecified atom stereocenters. The van der Waals surface area contributed by atoms with Crippen molar-refractivity contribution < 1.29 is 5.21 Å². The molecular formula is C13H20BrN3O. The fourth-order valence-electron chi connectivity index (χ4n) is 1.91. The highest BCUT2D eigenvalue weighted by Gasteiger charge is 2.16. The minimum atomic E-state index is 0.138. The van der Waals surface area contributed by atoms with Gasteiger partial charge in [-0.2, -0.15) is 0 Å². The first-order valence-electron chi connectivity index (χ1n) is 6.05. The molecule has 0 radical (unpaired) electrons. The van der Waals surface area contributed by atoms with Gasteiger partial charge in [0.25, 0.3) is 0 Å². The van der Waals surface area contributed by atoms with Gasteiger partial charge in [-0.15, -0.1) is 0 Å². The third-order valence-corrected chi connectivity index (χ3v) is 3.23. The highest BCUT2D eigenvalue weighted by Crippen LogP contribution is 2.27. The van der Waals surface area contributed by atoms with Crippen LogP contribution in [0.1, 0.15) is 32.8 Å². The third-order valence-electron chi connectivity index (χ3n) is 2.74. The zero-order valence-electron chi connectivity index (χ0n) is 11.0. The number of nitrogens with two attached hydrogens (primary N) is 1. The van der Waals surface area contributed by atoms with Crippen molar-refractivity contribution in [2.24, 2.45) is 10.9 Å². The molecule has 0 amide bonds. The topological polar surface area (TPSA) is 61.8 Å². The molecule has 0 bridgehead atoms. The molecule has 1 aromatic carbocycles. The zero-order chi connectivity index (χ0) is 13.7. The van der Waals surface area contributed by atoms with Crippen molar-refractivity contribution in [3.05, 3.63) is 28.2 Å². The lowest BCUT2D eigenvalue weighted by Crippen LogP contribution is -2.33. The Hall–Kier alpha value is -1.23. The third kappa shape index (κ3) is 3.38. The highest BCUT2D eigenvalue weighted by molar-refractivity contribution is 9.10. The largest absolute Gasteiger partial charge is 0.409 e. The molecule has 5 heteroatoms. The monoisotopic (exact) mass is 313 g/mol. The van der Waals surface area contributed by atoms with Crippen molar-refractivity contribution >= 4 is 27.5 Å². The number of amidine groups is 1. The Kier molecular flexibility index (Phi) is 5.47. The van der Waals surface area contributed by atoms with Crippen LogP contribution in [0.2, 0.25) is 0 Å².